The number of benzene rings is 2. The van der Waals surface area contributed by atoms with E-state index in [-0.39, 0.29) is 29.7 Å². The smallest absolute Gasteiger partial charge is 0.475 e. The lowest BCUT2D eigenvalue weighted by Gasteiger charge is -2.21. The van der Waals surface area contributed by atoms with Crippen LogP contribution in [0.4, 0.5) is 19.1 Å². The first-order valence-electron chi connectivity index (χ1n) is 13.7. The standard InChI is InChI=1S/C29H27N5O5S.C2HF3O2/c1-19-20(2)32-39-28(19)33-40(36,37)26-9-5-4-8-25(26)24-11-10-22(29-31-13-14-38-29)16-23(24)18-34(3)27(35)15-21-7-6-12-30-17-21;3-2(4,5)1(6)7/h4-14,16-17,33H,15,18H2,1-3H3;(H,6,7). The molecule has 0 aliphatic carbocycles. The molecule has 5 rings (SSSR count). The van der Waals surface area contributed by atoms with Crippen molar-refractivity contribution in [2.45, 2.75) is 37.9 Å². The minimum Gasteiger partial charge on any atom is -0.475 e. The number of halogens is 3. The van der Waals surface area contributed by atoms with Crippen molar-refractivity contribution in [2.75, 3.05) is 11.8 Å². The zero-order valence-corrected chi connectivity index (χ0v) is 26.0. The summed E-state index contributed by atoms with van der Waals surface area (Å²) < 4.78 is 72.1. The Kier molecular flexibility index (Phi) is 10.4. The van der Waals surface area contributed by atoms with Gasteiger partial charge in [0, 0.05) is 42.7 Å². The first kappa shape index (κ1) is 34.4. The zero-order valence-electron chi connectivity index (χ0n) is 25.1. The van der Waals surface area contributed by atoms with Crippen molar-refractivity contribution in [3.05, 3.63) is 102 Å². The van der Waals surface area contributed by atoms with Crippen LogP contribution in [-0.4, -0.2) is 58.6 Å². The molecule has 0 spiro atoms. The van der Waals surface area contributed by atoms with Gasteiger partial charge in [-0.25, -0.2) is 22.9 Å². The van der Waals surface area contributed by atoms with E-state index < -0.39 is 22.2 Å². The van der Waals surface area contributed by atoms with Gasteiger partial charge in [-0.1, -0.05) is 35.5 Å². The fourth-order valence-electron chi connectivity index (χ4n) is 4.25. The number of hydrogen-bond acceptors (Lipinski definition) is 9. The molecule has 0 saturated carbocycles. The molecule has 0 unspecified atom stereocenters. The second kappa shape index (κ2) is 14.3. The van der Waals surface area contributed by atoms with Crippen molar-refractivity contribution in [1.82, 2.24) is 20.0 Å². The van der Waals surface area contributed by atoms with Crippen molar-refractivity contribution in [3.8, 4) is 22.6 Å². The Bertz CT molecular complexity index is 1960. The SMILES string of the molecule is Cc1noc(NS(=O)(=O)c2ccccc2-c2ccc(-c3ncco3)cc2CN(C)C(=O)Cc2cccnc2)c1C.O=C(O)C(F)(F)F. The number of carbonyl (C=O) groups excluding carboxylic acids is 1. The second-order valence-electron chi connectivity index (χ2n) is 10.1. The maximum Gasteiger partial charge on any atom is 0.490 e. The van der Waals surface area contributed by atoms with Gasteiger partial charge < -0.3 is 18.9 Å². The predicted molar refractivity (Wildman–Crippen MR) is 162 cm³/mol. The van der Waals surface area contributed by atoms with Crippen LogP contribution in [0.2, 0.25) is 0 Å². The number of nitrogens with one attached hydrogen (secondary N) is 1. The quantitative estimate of drug-likeness (QED) is 0.200. The molecule has 0 radical (unpaired) electrons. The summed E-state index contributed by atoms with van der Waals surface area (Å²) in [6.45, 7) is 3.68. The number of nitrogens with zero attached hydrogens (tertiary/aromatic N) is 4. The van der Waals surface area contributed by atoms with Gasteiger partial charge in [0.2, 0.25) is 17.7 Å². The third-order valence-electron chi connectivity index (χ3n) is 6.79. The van der Waals surface area contributed by atoms with Crippen molar-refractivity contribution >= 4 is 27.8 Å². The Morgan fingerprint density at radius 1 is 1.02 bits per heavy atom. The minimum absolute atomic E-state index is 0.0536. The Morgan fingerprint density at radius 2 is 1.74 bits per heavy atom. The first-order chi connectivity index (χ1) is 22.2. The molecule has 47 heavy (non-hydrogen) atoms. The number of sulfonamides is 1. The largest absolute Gasteiger partial charge is 0.490 e. The third-order valence-corrected chi connectivity index (χ3v) is 8.18. The van der Waals surface area contributed by atoms with Crippen LogP contribution in [-0.2, 0) is 32.6 Å². The maximum atomic E-state index is 13.6. The highest BCUT2D eigenvalue weighted by molar-refractivity contribution is 7.92. The van der Waals surface area contributed by atoms with Crippen LogP contribution in [0.3, 0.4) is 0 Å². The Hall–Kier alpha value is -5.51. The van der Waals surface area contributed by atoms with E-state index in [1.807, 2.05) is 24.3 Å². The monoisotopic (exact) mass is 671 g/mol. The molecule has 2 aromatic carbocycles. The van der Waals surface area contributed by atoms with E-state index in [9.17, 15) is 26.4 Å². The summed E-state index contributed by atoms with van der Waals surface area (Å²) >= 11 is 0. The summed E-state index contributed by atoms with van der Waals surface area (Å²) in [6.07, 6.45) is 1.44. The number of rotatable bonds is 9. The van der Waals surface area contributed by atoms with E-state index in [4.69, 9.17) is 18.8 Å². The van der Waals surface area contributed by atoms with E-state index >= 15 is 0 Å². The summed E-state index contributed by atoms with van der Waals surface area (Å²) in [6, 6.07) is 15.8. The van der Waals surface area contributed by atoms with Crippen LogP contribution in [0.1, 0.15) is 22.4 Å². The number of anilines is 1. The molecule has 1 amide bonds. The number of aliphatic carboxylic acids is 1. The predicted octanol–water partition coefficient (Wildman–Crippen LogP) is 5.64. The van der Waals surface area contributed by atoms with Crippen LogP contribution in [0.5, 0.6) is 0 Å². The zero-order chi connectivity index (χ0) is 34.4. The average Bonchev–Trinajstić information content (AvgIpc) is 3.68. The van der Waals surface area contributed by atoms with Crippen LogP contribution < -0.4 is 4.72 Å². The molecule has 12 nitrogen and oxygen atoms in total. The van der Waals surface area contributed by atoms with Crippen molar-refractivity contribution in [1.29, 1.82) is 0 Å². The molecule has 0 fully saturated rings. The molecule has 0 aliphatic rings. The van der Waals surface area contributed by atoms with Crippen LogP contribution in [0.15, 0.2) is 93.3 Å². The normalized spacial score (nSPS) is 11.4. The molecule has 16 heteroatoms. The van der Waals surface area contributed by atoms with Gasteiger partial charge in [0.25, 0.3) is 10.0 Å². The average molecular weight is 672 g/mol. The lowest BCUT2D eigenvalue weighted by Crippen LogP contribution is -2.28. The highest BCUT2D eigenvalue weighted by atomic mass is 32.2. The fraction of sp³-hybridized carbons (Fsp3) is 0.194. The Morgan fingerprint density at radius 3 is 2.34 bits per heavy atom. The molecule has 0 saturated heterocycles. The molecule has 0 aliphatic heterocycles. The van der Waals surface area contributed by atoms with Crippen LogP contribution >= 0.6 is 0 Å². The van der Waals surface area contributed by atoms with E-state index in [1.54, 1.807) is 68.7 Å². The number of aryl methyl sites for hydroxylation is 1. The lowest BCUT2D eigenvalue weighted by molar-refractivity contribution is -0.192. The minimum atomic E-state index is -5.08. The van der Waals surface area contributed by atoms with E-state index in [2.05, 4.69) is 19.8 Å². The highest BCUT2D eigenvalue weighted by Gasteiger charge is 2.38. The van der Waals surface area contributed by atoms with Gasteiger partial charge in [0.1, 0.15) is 6.26 Å². The number of alkyl halides is 3. The highest BCUT2D eigenvalue weighted by Crippen LogP contribution is 2.34. The van der Waals surface area contributed by atoms with Gasteiger partial charge in [0.15, 0.2) is 0 Å². The van der Waals surface area contributed by atoms with E-state index in [0.717, 1.165) is 5.56 Å². The van der Waals surface area contributed by atoms with Crippen LogP contribution in [0.25, 0.3) is 22.6 Å². The van der Waals surface area contributed by atoms with Crippen molar-refractivity contribution in [2.24, 2.45) is 0 Å². The van der Waals surface area contributed by atoms with Crippen molar-refractivity contribution < 1.29 is 45.2 Å². The van der Waals surface area contributed by atoms with E-state index in [0.29, 0.717) is 39.4 Å². The summed E-state index contributed by atoms with van der Waals surface area (Å²) in [5.41, 5.74) is 4.51. The van der Waals surface area contributed by atoms with E-state index in [1.165, 1.54) is 12.3 Å². The van der Waals surface area contributed by atoms with Crippen LogP contribution in [0, 0.1) is 13.8 Å². The maximum absolute atomic E-state index is 13.6. The van der Waals surface area contributed by atoms with Gasteiger partial charge in [-0.05, 0) is 54.8 Å². The number of amides is 1. The Balaban J connectivity index is 0.000000644. The fourth-order valence-corrected chi connectivity index (χ4v) is 5.52. The number of carboxylic acids is 1. The number of aromatic nitrogens is 3. The number of pyridine rings is 1. The molecular formula is C31H28F3N5O7S. The number of oxazole rings is 1. The Labute approximate surface area is 266 Å². The molecule has 0 atom stereocenters. The molecule has 5 aromatic rings. The topological polar surface area (TPSA) is 169 Å². The summed E-state index contributed by atoms with van der Waals surface area (Å²) in [7, 11) is -2.35. The first-order valence-corrected chi connectivity index (χ1v) is 15.2. The van der Waals surface area contributed by atoms with Gasteiger partial charge in [-0.2, -0.15) is 13.2 Å². The van der Waals surface area contributed by atoms with Gasteiger partial charge in [-0.3, -0.25) is 9.78 Å². The van der Waals surface area contributed by atoms with Gasteiger partial charge in [-0.15, -0.1) is 0 Å². The molecule has 2 N–H and O–H groups in total. The molecule has 3 aromatic heterocycles. The number of carbonyl (C=O) groups is 2. The number of carboxylic acid groups (broad SMARTS) is 1. The summed E-state index contributed by atoms with van der Waals surface area (Å²) in [5.74, 6) is -2.39. The van der Waals surface area contributed by atoms with Crippen molar-refractivity contribution in [3.63, 3.8) is 0 Å². The number of likely N-dealkylation sites (N-methyl/N-ethyl adjacent to an activating group) is 1. The van der Waals surface area contributed by atoms with Gasteiger partial charge in [0.05, 0.1) is 23.2 Å². The second-order valence-corrected chi connectivity index (χ2v) is 11.8. The summed E-state index contributed by atoms with van der Waals surface area (Å²) in [5, 5.41) is 11.0. The molecule has 246 valence electrons. The summed E-state index contributed by atoms with van der Waals surface area (Å²) in [4.78, 5) is 32.0. The molecular weight excluding hydrogens is 643 g/mol. The molecule has 3 heterocycles. The lowest BCUT2D eigenvalue weighted by atomic mass is 9.96. The molecule has 0 bridgehead atoms. The third kappa shape index (κ3) is 8.61. The number of hydrogen-bond donors (Lipinski definition) is 2. The van der Waals surface area contributed by atoms with Gasteiger partial charge >= 0.3 is 12.1 Å².